The quantitative estimate of drug-likeness (QED) is 0.576. The molecule has 2 aromatic rings. The van der Waals surface area contributed by atoms with Crippen molar-refractivity contribution in [3.8, 4) is 6.07 Å². The molecule has 0 saturated carbocycles. The molecule has 3 nitrogen and oxygen atoms in total. The molecule has 0 N–H and O–H groups in total. The van der Waals surface area contributed by atoms with Gasteiger partial charge in [0.1, 0.15) is 0 Å². The van der Waals surface area contributed by atoms with E-state index in [1.54, 1.807) is 24.3 Å². The minimum atomic E-state index is 0.606. The maximum atomic E-state index is 8.75. The van der Waals surface area contributed by atoms with Crippen molar-refractivity contribution in [2.45, 2.75) is 6.92 Å². The standard InChI is InChI=1S/C16H11N3/c1-12(14-5-3-13(11-17)4-6-14)19-16-9-7-15(18-2)8-10-16/h3-10H,1H3. The van der Waals surface area contributed by atoms with Crippen LogP contribution in [0.4, 0.5) is 11.4 Å². The lowest BCUT2D eigenvalue weighted by Gasteiger charge is -2.01. The number of hydrogen-bond acceptors (Lipinski definition) is 2. The van der Waals surface area contributed by atoms with Crippen LogP contribution in [0.3, 0.4) is 0 Å². The fourth-order valence-corrected chi connectivity index (χ4v) is 1.65. The van der Waals surface area contributed by atoms with Gasteiger partial charge in [0.25, 0.3) is 0 Å². The first-order valence-electron chi connectivity index (χ1n) is 5.76. The third kappa shape index (κ3) is 3.06. The molecule has 0 saturated heterocycles. The maximum absolute atomic E-state index is 8.75. The van der Waals surface area contributed by atoms with Gasteiger partial charge in [-0.15, -0.1) is 0 Å². The van der Waals surface area contributed by atoms with Crippen LogP contribution in [0.1, 0.15) is 18.1 Å². The topological polar surface area (TPSA) is 40.5 Å². The molecule has 0 bridgehead atoms. The highest BCUT2D eigenvalue weighted by atomic mass is 14.7. The van der Waals surface area contributed by atoms with Gasteiger partial charge in [-0.3, -0.25) is 4.99 Å². The summed E-state index contributed by atoms with van der Waals surface area (Å²) in [5.41, 5.74) is 3.91. The predicted molar refractivity (Wildman–Crippen MR) is 75.7 cm³/mol. The van der Waals surface area contributed by atoms with E-state index in [0.29, 0.717) is 11.3 Å². The number of nitrogens with zero attached hydrogens (tertiary/aromatic N) is 3. The third-order valence-corrected chi connectivity index (χ3v) is 2.71. The molecule has 3 heteroatoms. The summed E-state index contributed by atoms with van der Waals surface area (Å²) in [6.45, 7) is 8.81. The Morgan fingerprint density at radius 3 is 2.26 bits per heavy atom. The van der Waals surface area contributed by atoms with E-state index in [0.717, 1.165) is 17.0 Å². The number of hydrogen-bond donors (Lipinski definition) is 0. The Kier molecular flexibility index (Phi) is 3.71. The van der Waals surface area contributed by atoms with Crippen molar-refractivity contribution in [2.75, 3.05) is 0 Å². The molecule has 0 aliphatic carbocycles. The van der Waals surface area contributed by atoms with E-state index in [1.807, 2.05) is 31.2 Å². The van der Waals surface area contributed by atoms with Gasteiger partial charge in [-0.2, -0.15) is 5.26 Å². The van der Waals surface area contributed by atoms with Gasteiger partial charge >= 0.3 is 0 Å². The molecule has 0 aliphatic heterocycles. The van der Waals surface area contributed by atoms with Gasteiger partial charge in [-0.1, -0.05) is 24.3 Å². The second-order valence-corrected chi connectivity index (χ2v) is 4.01. The minimum absolute atomic E-state index is 0.606. The normalized spacial score (nSPS) is 10.6. The van der Waals surface area contributed by atoms with Crippen LogP contribution in [0, 0.1) is 17.9 Å². The van der Waals surface area contributed by atoms with E-state index in [2.05, 4.69) is 15.9 Å². The van der Waals surface area contributed by atoms with Crippen LogP contribution >= 0.6 is 0 Å². The fourth-order valence-electron chi connectivity index (χ4n) is 1.65. The van der Waals surface area contributed by atoms with Gasteiger partial charge in [0.15, 0.2) is 5.69 Å². The van der Waals surface area contributed by atoms with Crippen LogP contribution in [-0.4, -0.2) is 5.71 Å². The first kappa shape index (κ1) is 12.5. The van der Waals surface area contributed by atoms with Gasteiger partial charge in [-0.25, -0.2) is 4.85 Å². The monoisotopic (exact) mass is 245 g/mol. The van der Waals surface area contributed by atoms with E-state index in [1.165, 1.54) is 0 Å². The third-order valence-electron chi connectivity index (χ3n) is 2.71. The van der Waals surface area contributed by atoms with Crippen LogP contribution < -0.4 is 0 Å². The fraction of sp³-hybridized carbons (Fsp3) is 0.0625. The van der Waals surface area contributed by atoms with Crippen LogP contribution in [0.5, 0.6) is 0 Å². The number of nitriles is 1. The molecule has 2 rings (SSSR count). The molecule has 0 aliphatic rings. The van der Waals surface area contributed by atoms with Crippen LogP contribution in [0.2, 0.25) is 0 Å². The Morgan fingerprint density at radius 2 is 1.74 bits per heavy atom. The SMILES string of the molecule is [C-]#[N+]c1ccc(N=C(C)c2ccc(C#N)cc2)cc1. The second-order valence-electron chi connectivity index (χ2n) is 4.01. The zero-order valence-corrected chi connectivity index (χ0v) is 10.5. The molecule has 0 spiro atoms. The summed E-state index contributed by atoms with van der Waals surface area (Å²) in [6, 6.07) is 16.5. The average Bonchev–Trinajstić information content (AvgIpc) is 2.48. The Bertz CT molecular complexity index is 681. The molecular formula is C16H11N3. The first-order valence-corrected chi connectivity index (χ1v) is 5.76. The lowest BCUT2D eigenvalue weighted by atomic mass is 10.1. The van der Waals surface area contributed by atoms with Crippen molar-refractivity contribution in [3.05, 3.63) is 71.1 Å². The lowest BCUT2D eigenvalue weighted by Crippen LogP contribution is -1.93. The van der Waals surface area contributed by atoms with Crippen molar-refractivity contribution >= 4 is 17.1 Å². The van der Waals surface area contributed by atoms with Gasteiger partial charge in [-0.05, 0) is 36.8 Å². The highest BCUT2D eigenvalue weighted by Crippen LogP contribution is 2.19. The molecule has 0 fully saturated rings. The van der Waals surface area contributed by atoms with Crippen molar-refractivity contribution < 1.29 is 0 Å². The van der Waals surface area contributed by atoms with E-state index >= 15 is 0 Å². The Morgan fingerprint density at radius 1 is 1.11 bits per heavy atom. The van der Waals surface area contributed by atoms with Crippen molar-refractivity contribution in [2.24, 2.45) is 4.99 Å². The largest absolute Gasteiger partial charge is 0.253 e. The highest BCUT2D eigenvalue weighted by Gasteiger charge is 1.99. The first-order chi connectivity index (χ1) is 9.22. The summed E-state index contributed by atoms with van der Waals surface area (Å²) >= 11 is 0. The summed E-state index contributed by atoms with van der Waals surface area (Å²) in [6.07, 6.45) is 0. The van der Waals surface area contributed by atoms with E-state index in [4.69, 9.17) is 11.8 Å². The maximum Gasteiger partial charge on any atom is 0.187 e. The number of rotatable bonds is 2. The minimum Gasteiger partial charge on any atom is -0.253 e. The highest BCUT2D eigenvalue weighted by molar-refractivity contribution is 6.00. The van der Waals surface area contributed by atoms with E-state index in [-0.39, 0.29) is 0 Å². The van der Waals surface area contributed by atoms with Gasteiger partial charge in [0.2, 0.25) is 0 Å². The number of aliphatic imine (C=N–C) groups is 1. The average molecular weight is 245 g/mol. The molecule has 90 valence electrons. The molecule has 0 amide bonds. The van der Waals surface area contributed by atoms with Crippen LogP contribution in [0.15, 0.2) is 53.5 Å². The summed E-state index contributed by atoms with van der Waals surface area (Å²) in [7, 11) is 0. The number of benzene rings is 2. The Balaban J connectivity index is 2.26. The molecule has 0 atom stereocenters. The van der Waals surface area contributed by atoms with Crippen molar-refractivity contribution in [1.82, 2.24) is 0 Å². The van der Waals surface area contributed by atoms with E-state index < -0.39 is 0 Å². The molecular weight excluding hydrogens is 234 g/mol. The molecule has 0 aromatic heterocycles. The molecule has 0 radical (unpaired) electrons. The summed E-state index contributed by atoms with van der Waals surface area (Å²) in [4.78, 5) is 7.83. The lowest BCUT2D eigenvalue weighted by molar-refractivity contribution is 1.45. The van der Waals surface area contributed by atoms with Gasteiger partial charge in [0.05, 0.1) is 23.9 Å². The molecule has 2 aromatic carbocycles. The van der Waals surface area contributed by atoms with Crippen LogP contribution in [0.25, 0.3) is 4.85 Å². The van der Waals surface area contributed by atoms with Gasteiger partial charge in [0, 0.05) is 5.71 Å². The van der Waals surface area contributed by atoms with E-state index in [9.17, 15) is 0 Å². The van der Waals surface area contributed by atoms with Crippen molar-refractivity contribution in [1.29, 1.82) is 5.26 Å². The predicted octanol–water partition coefficient (Wildman–Crippen LogP) is 4.25. The Hall–Kier alpha value is -2.91. The molecule has 19 heavy (non-hydrogen) atoms. The molecule has 0 unspecified atom stereocenters. The summed E-state index contributed by atoms with van der Waals surface area (Å²) in [5, 5.41) is 8.75. The van der Waals surface area contributed by atoms with Gasteiger partial charge < -0.3 is 0 Å². The smallest absolute Gasteiger partial charge is 0.187 e. The van der Waals surface area contributed by atoms with Crippen molar-refractivity contribution in [3.63, 3.8) is 0 Å². The summed E-state index contributed by atoms with van der Waals surface area (Å²) in [5.74, 6) is 0. The zero-order chi connectivity index (χ0) is 13.7. The van der Waals surface area contributed by atoms with Crippen LogP contribution in [-0.2, 0) is 0 Å². The summed E-state index contributed by atoms with van der Waals surface area (Å²) < 4.78 is 0. The molecule has 0 heterocycles. The Labute approximate surface area is 112 Å². The second kappa shape index (κ2) is 5.62. The zero-order valence-electron chi connectivity index (χ0n) is 10.5.